The number of anilines is 1. The highest BCUT2D eigenvalue weighted by Crippen LogP contribution is 2.31. The van der Waals surface area contributed by atoms with Gasteiger partial charge in [0, 0.05) is 5.02 Å². The van der Waals surface area contributed by atoms with E-state index in [9.17, 15) is 22.8 Å². The molecule has 0 spiro atoms. The average Bonchev–Trinajstić information content (AvgIpc) is 2.69. The zero-order chi connectivity index (χ0) is 21.7. The first kappa shape index (κ1) is 22.3. The third-order valence-electron chi connectivity index (χ3n) is 3.79. The van der Waals surface area contributed by atoms with Gasteiger partial charge in [0.2, 0.25) is 0 Å². The Labute approximate surface area is 169 Å². The van der Waals surface area contributed by atoms with Gasteiger partial charge in [-0.1, -0.05) is 29.8 Å². The first-order chi connectivity index (χ1) is 13.6. The van der Waals surface area contributed by atoms with Crippen LogP contribution in [0.1, 0.15) is 10.4 Å². The van der Waals surface area contributed by atoms with Crippen LogP contribution >= 0.6 is 11.6 Å². The van der Waals surface area contributed by atoms with Crippen molar-refractivity contribution < 1.29 is 32.2 Å². The fraction of sp³-hybridized carbons (Fsp3) is 0.222. The molecule has 156 valence electrons. The molecule has 2 aromatic carbocycles. The molecule has 0 aliphatic heterocycles. The zero-order valence-electron chi connectivity index (χ0n) is 15.3. The Kier molecular flexibility index (Phi) is 6.93. The molecule has 2 aromatic rings. The number of carbonyl (C=O) groups excluding carboxylic acids is 2. The fourth-order valence-electron chi connectivity index (χ4n) is 2.35. The fourth-order valence-corrected chi connectivity index (χ4v) is 2.54. The van der Waals surface area contributed by atoms with E-state index in [4.69, 9.17) is 16.3 Å². The molecule has 0 fully saturated rings. The minimum Gasteiger partial charge on any atom is -0.496 e. The number of hydrogen-bond acceptors (Lipinski definition) is 6. The Morgan fingerprint density at radius 2 is 1.72 bits per heavy atom. The molecule has 3 N–H and O–H groups in total. The highest BCUT2D eigenvalue weighted by atomic mass is 35.5. The molecular weight excluding hydrogens is 415 g/mol. The van der Waals surface area contributed by atoms with Gasteiger partial charge in [0.1, 0.15) is 5.75 Å². The second-order valence-electron chi connectivity index (χ2n) is 5.65. The summed E-state index contributed by atoms with van der Waals surface area (Å²) in [6, 6.07) is 11.3. The van der Waals surface area contributed by atoms with E-state index < -0.39 is 23.7 Å². The van der Waals surface area contributed by atoms with Gasteiger partial charge in [0.15, 0.2) is 0 Å². The van der Waals surface area contributed by atoms with Crippen LogP contribution in [0.2, 0.25) is 5.02 Å². The monoisotopic (exact) mass is 431 g/mol. The summed E-state index contributed by atoms with van der Waals surface area (Å²) in [6.07, 6.45) is -5.29. The molecule has 1 atom stereocenters. The van der Waals surface area contributed by atoms with Gasteiger partial charge in [-0.25, -0.2) is 4.79 Å². The van der Waals surface area contributed by atoms with Gasteiger partial charge < -0.3 is 20.2 Å². The Morgan fingerprint density at radius 1 is 1.03 bits per heavy atom. The zero-order valence-corrected chi connectivity index (χ0v) is 16.0. The summed E-state index contributed by atoms with van der Waals surface area (Å²) in [5.41, 5.74) is 0.349. The van der Waals surface area contributed by atoms with Gasteiger partial charge >= 0.3 is 17.8 Å². The lowest BCUT2D eigenvalue weighted by Crippen LogP contribution is -2.73. The van der Waals surface area contributed by atoms with Crippen LogP contribution in [0.4, 0.5) is 18.9 Å². The summed E-state index contributed by atoms with van der Waals surface area (Å²) >= 11 is 5.81. The number of para-hydroxylation sites is 1. The number of methoxy groups -OCH3 is 2. The van der Waals surface area contributed by atoms with Crippen LogP contribution in [0.25, 0.3) is 0 Å². The molecular formula is C18H17ClF3N3O4. The predicted octanol–water partition coefficient (Wildman–Crippen LogP) is 3.13. The maximum Gasteiger partial charge on any atom is 0.438 e. The standard InChI is InChI=1S/C18H17ClF3N3O4/c1-28-14-9-4-3-8-13(14)15(26)23-17(16(27)29-2,18(20,21)22)25-24-12-7-5-6-11(19)10-12/h3-10,24-25H,1-2H3,(H,23,26). The normalized spacial score (nSPS) is 13.2. The molecule has 0 aliphatic carbocycles. The quantitative estimate of drug-likeness (QED) is 0.354. The SMILES string of the molecule is COC(=O)C(NNc1cccc(Cl)c1)(NC(=O)c1ccccc1OC)C(F)(F)F. The van der Waals surface area contributed by atoms with E-state index >= 15 is 0 Å². The second-order valence-corrected chi connectivity index (χ2v) is 6.09. The summed E-state index contributed by atoms with van der Waals surface area (Å²) in [7, 11) is 2.02. The molecule has 29 heavy (non-hydrogen) atoms. The number of nitrogens with one attached hydrogen (secondary N) is 3. The molecule has 2 rings (SSSR count). The summed E-state index contributed by atoms with van der Waals surface area (Å²) in [5.74, 6) is -2.98. The Morgan fingerprint density at radius 3 is 2.31 bits per heavy atom. The molecule has 0 saturated heterocycles. The summed E-state index contributed by atoms with van der Waals surface area (Å²) < 4.78 is 51.2. The molecule has 1 unspecified atom stereocenters. The van der Waals surface area contributed by atoms with Crippen molar-refractivity contribution in [3.8, 4) is 5.75 Å². The molecule has 11 heteroatoms. The maximum atomic E-state index is 14.0. The van der Waals surface area contributed by atoms with Crippen LogP contribution < -0.4 is 20.9 Å². The van der Waals surface area contributed by atoms with E-state index in [0.29, 0.717) is 0 Å². The largest absolute Gasteiger partial charge is 0.496 e. The van der Waals surface area contributed by atoms with Gasteiger partial charge in [-0.15, -0.1) is 0 Å². The number of carbonyl (C=O) groups is 2. The van der Waals surface area contributed by atoms with Crippen molar-refractivity contribution in [3.05, 3.63) is 59.1 Å². The topological polar surface area (TPSA) is 88.7 Å². The third-order valence-corrected chi connectivity index (χ3v) is 4.02. The maximum absolute atomic E-state index is 14.0. The third kappa shape index (κ3) is 4.90. The highest BCUT2D eigenvalue weighted by molar-refractivity contribution is 6.30. The smallest absolute Gasteiger partial charge is 0.438 e. The van der Waals surface area contributed by atoms with Crippen molar-refractivity contribution in [2.75, 3.05) is 19.6 Å². The Hall–Kier alpha value is -2.98. The van der Waals surface area contributed by atoms with E-state index in [1.807, 2.05) is 5.43 Å². The van der Waals surface area contributed by atoms with E-state index in [2.05, 4.69) is 10.2 Å². The molecule has 0 aromatic heterocycles. The van der Waals surface area contributed by atoms with Crippen LogP contribution in [0.3, 0.4) is 0 Å². The summed E-state index contributed by atoms with van der Waals surface area (Å²) in [6.45, 7) is 0. The molecule has 0 saturated carbocycles. The number of ether oxygens (including phenoxy) is 2. The minimum atomic E-state index is -5.29. The van der Waals surface area contributed by atoms with Gasteiger partial charge in [-0.05, 0) is 30.3 Å². The van der Waals surface area contributed by atoms with Gasteiger partial charge in [-0.2, -0.15) is 18.6 Å². The van der Waals surface area contributed by atoms with Crippen LogP contribution in [-0.2, 0) is 9.53 Å². The summed E-state index contributed by atoms with van der Waals surface area (Å²) in [4.78, 5) is 24.8. The van der Waals surface area contributed by atoms with Crippen LogP contribution in [0.15, 0.2) is 48.5 Å². The number of esters is 1. The minimum absolute atomic E-state index is 0.0220. The first-order valence-corrected chi connectivity index (χ1v) is 8.42. The van der Waals surface area contributed by atoms with Crippen molar-refractivity contribution in [1.82, 2.24) is 10.7 Å². The number of halogens is 4. The molecule has 0 heterocycles. The molecule has 0 aliphatic rings. The van der Waals surface area contributed by atoms with E-state index in [0.717, 1.165) is 7.11 Å². The van der Waals surface area contributed by atoms with Crippen molar-refractivity contribution in [2.45, 2.75) is 11.8 Å². The van der Waals surface area contributed by atoms with E-state index in [1.165, 1.54) is 55.6 Å². The first-order valence-electron chi connectivity index (χ1n) is 8.04. The molecule has 1 amide bonds. The van der Waals surface area contributed by atoms with Crippen LogP contribution in [0.5, 0.6) is 5.75 Å². The second kappa shape index (κ2) is 9.01. The number of benzene rings is 2. The number of alkyl halides is 3. The van der Waals surface area contributed by atoms with Crippen LogP contribution in [-0.4, -0.2) is 37.9 Å². The highest BCUT2D eigenvalue weighted by Gasteiger charge is 2.63. The number of hydrazine groups is 1. The van der Waals surface area contributed by atoms with E-state index in [1.54, 1.807) is 5.32 Å². The van der Waals surface area contributed by atoms with Crippen molar-refractivity contribution in [2.24, 2.45) is 0 Å². The Bertz CT molecular complexity index is 895. The molecule has 0 radical (unpaired) electrons. The number of hydrogen-bond donors (Lipinski definition) is 3. The predicted molar refractivity (Wildman–Crippen MR) is 99.5 cm³/mol. The Balaban J connectivity index is 2.42. The lowest BCUT2D eigenvalue weighted by molar-refractivity contribution is -0.215. The van der Waals surface area contributed by atoms with Gasteiger partial charge in [-0.3, -0.25) is 4.79 Å². The summed E-state index contributed by atoms with van der Waals surface area (Å²) in [5, 5.41) is 1.91. The van der Waals surface area contributed by atoms with Gasteiger partial charge in [0.05, 0.1) is 25.5 Å². The lowest BCUT2D eigenvalue weighted by atomic mass is 10.1. The lowest BCUT2D eigenvalue weighted by Gasteiger charge is -2.34. The van der Waals surface area contributed by atoms with E-state index in [-0.39, 0.29) is 22.0 Å². The molecule has 0 bridgehead atoms. The van der Waals surface area contributed by atoms with Crippen molar-refractivity contribution in [3.63, 3.8) is 0 Å². The number of rotatable bonds is 7. The molecule has 7 nitrogen and oxygen atoms in total. The van der Waals surface area contributed by atoms with Crippen LogP contribution in [0, 0.1) is 0 Å². The number of amides is 1. The van der Waals surface area contributed by atoms with Gasteiger partial charge in [0.25, 0.3) is 5.91 Å². The average molecular weight is 432 g/mol. The van der Waals surface area contributed by atoms with Crippen molar-refractivity contribution >= 4 is 29.2 Å². The van der Waals surface area contributed by atoms with Crippen molar-refractivity contribution in [1.29, 1.82) is 0 Å².